The number of carboxylic acid groups (broad SMARTS) is 1. The second-order valence-corrected chi connectivity index (χ2v) is 5.46. The van der Waals surface area contributed by atoms with Crippen molar-refractivity contribution in [1.82, 2.24) is 9.80 Å². The van der Waals surface area contributed by atoms with Crippen LogP contribution in [0, 0.1) is 11.8 Å². The Hall–Kier alpha value is -1.70. The summed E-state index contributed by atoms with van der Waals surface area (Å²) >= 11 is 5.90. The third kappa shape index (κ3) is 5.30. The lowest BCUT2D eigenvalue weighted by molar-refractivity contribution is 0.105. The first-order chi connectivity index (χ1) is 10.1. The van der Waals surface area contributed by atoms with Crippen LogP contribution in [0.15, 0.2) is 24.3 Å². The van der Waals surface area contributed by atoms with E-state index in [1.165, 1.54) is 4.90 Å². The molecule has 4 nitrogen and oxygen atoms in total. The van der Waals surface area contributed by atoms with E-state index in [0.717, 1.165) is 38.0 Å². The maximum absolute atomic E-state index is 10.8. The number of amides is 1. The van der Waals surface area contributed by atoms with Crippen LogP contribution < -0.4 is 0 Å². The van der Waals surface area contributed by atoms with Gasteiger partial charge in [0.1, 0.15) is 0 Å². The molecule has 1 saturated heterocycles. The van der Waals surface area contributed by atoms with Gasteiger partial charge in [-0.1, -0.05) is 29.5 Å². The number of piperazine rings is 1. The van der Waals surface area contributed by atoms with Crippen LogP contribution in [0.4, 0.5) is 4.79 Å². The summed E-state index contributed by atoms with van der Waals surface area (Å²) in [5.74, 6) is 6.26. The number of carbonyl (C=O) groups is 1. The third-order valence-corrected chi connectivity index (χ3v) is 3.71. The quantitative estimate of drug-likeness (QED) is 0.690. The Morgan fingerprint density at radius 1 is 1.29 bits per heavy atom. The molecule has 5 heteroatoms. The van der Waals surface area contributed by atoms with Gasteiger partial charge in [0, 0.05) is 43.2 Å². The number of hydrogen-bond acceptors (Lipinski definition) is 2. The van der Waals surface area contributed by atoms with E-state index in [1.54, 1.807) is 0 Å². The smallest absolute Gasteiger partial charge is 0.407 e. The van der Waals surface area contributed by atoms with Crippen LogP contribution in [0.2, 0.25) is 5.02 Å². The number of nitrogens with zero attached hydrogens (tertiary/aromatic N) is 2. The van der Waals surface area contributed by atoms with Crippen LogP contribution in [0.25, 0.3) is 0 Å². The highest BCUT2D eigenvalue weighted by molar-refractivity contribution is 6.30. The Morgan fingerprint density at radius 2 is 2.05 bits per heavy atom. The van der Waals surface area contributed by atoms with Gasteiger partial charge in [0.15, 0.2) is 0 Å². The summed E-state index contributed by atoms with van der Waals surface area (Å²) in [6.07, 6.45) is 1.02. The maximum atomic E-state index is 10.8. The SMILES string of the molecule is O=C(O)N1CCN(CCCC#Cc2cccc(Cl)c2)CC1. The first-order valence-corrected chi connectivity index (χ1v) is 7.47. The number of benzene rings is 1. The fourth-order valence-corrected chi connectivity index (χ4v) is 2.47. The molecule has 0 unspecified atom stereocenters. The highest BCUT2D eigenvalue weighted by Gasteiger charge is 2.19. The van der Waals surface area contributed by atoms with Crippen LogP contribution in [-0.4, -0.2) is 53.7 Å². The highest BCUT2D eigenvalue weighted by Crippen LogP contribution is 2.09. The van der Waals surface area contributed by atoms with Crippen molar-refractivity contribution >= 4 is 17.7 Å². The van der Waals surface area contributed by atoms with E-state index in [1.807, 2.05) is 24.3 Å². The molecule has 0 spiro atoms. The Kier molecular flexibility index (Phi) is 5.91. The van der Waals surface area contributed by atoms with E-state index in [2.05, 4.69) is 16.7 Å². The highest BCUT2D eigenvalue weighted by atomic mass is 35.5. The van der Waals surface area contributed by atoms with Crippen molar-refractivity contribution in [3.05, 3.63) is 34.9 Å². The summed E-state index contributed by atoms with van der Waals surface area (Å²) in [7, 11) is 0. The van der Waals surface area contributed by atoms with E-state index in [9.17, 15) is 4.79 Å². The molecule has 0 atom stereocenters. The van der Waals surface area contributed by atoms with Gasteiger partial charge in [0.2, 0.25) is 0 Å². The lowest BCUT2D eigenvalue weighted by Gasteiger charge is -2.32. The van der Waals surface area contributed by atoms with Crippen LogP contribution in [0.5, 0.6) is 0 Å². The molecule has 0 aliphatic carbocycles. The molecule has 1 fully saturated rings. The third-order valence-electron chi connectivity index (χ3n) is 3.48. The van der Waals surface area contributed by atoms with Gasteiger partial charge in [0.25, 0.3) is 0 Å². The molecule has 21 heavy (non-hydrogen) atoms. The predicted molar refractivity (Wildman–Crippen MR) is 83.6 cm³/mol. The molecule has 1 amide bonds. The molecule has 112 valence electrons. The number of halogens is 1. The van der Waals surface area contributed by atoms with Gasteiger partial charge in [-0.2, -0.15) is 0 Å². The minimum absolute atomic E-state index is 0.601. The maximum Gasteiger partial charge on any atom is 0.407 e. The summed E-state index contributed by atoms with van der Waals surface area (Å²) in [4.78, 5) is 14.6. The van der Waals surface area contributed by atoms with Crippen molar-refractivity contribution < 1.29 is 9.90 Å². The molecule has 1 aromatic rings. The monoisotopic (exact) mass is 306 g/mol. The number of rotatable bonds is 3. The van der Waals surface area contributed by atoms with E-state index in [-0.39, 0.29) is 0 Å². The van der Waals surface area contributed by atoms with E-state index in [0.29, 0.717) is 18.1 Å². The van der Waals surface area contributed by atoms with Gasteiger partial charge in [-0.15, -0.1) is 0 Å². The first kappa shape index (κ1) is 15.7. The fourth-order valence-electron chi connectivity index (χ4n) is 2.28. The zero-order chi connectivity index (χ0) is 15.1. The molecule has 1 aliphatic heterocycles. The molecule has 1 aromatic carbocycles. The second-order valence-electron chi connectivity index (χ2n) is 5.03. The van der Waals surface area contributed by atoms with Crippen molar-refractivity contribution in [1.29, 1.82) is 0 Å². The summed E-state index contributed by atoms with van der Waals surface area (Å²) < 4.78 is 0. The Labute approximate surface area is 130 Å². The first-order valence-electron chi connectivity index (χ1n) is 7.10. The summed E-state index contributed by atoms with van der Waals surface area (Å²) in [5, 5.41) is 9.58. The normalized spacial score (nSPS) is 15.4. The molecule has 1 heterocycles. The molecule has 1 aliphatic rings. The molecule has 0 saturated carbocycles. The van der Waals surface area contributed by atoms with Gasteiger partial charge in [-0.3, -0.25) is 4.90 Å². The zero-order valence-electron chi connectivity index (χ0n) is 11.9. The van der Waals surface area contributed by atoms with Crippen LogP contribution in [0.3, 0.4) is 0 Å². The van der Waals surface area contributed by atoms with E-state index < -0.39 is 6.09 Å². The minimum Gasteiger partial charge on any atom is -0.465 e. The average molecular weight is 307 g/mol. The lowest BCUT2D eigenvalue weighted by atomic mass is 10.2. The average Bonchev–Trinajstić information content (AvgIpc) is 2.47. The van der Waals surface area contributed by atoms with Crippen LogP contribution >= 0.6 is 11.6 Å². The minimum atomic E-state index is -0.818. The van der Waals surface area contributed by atoms with Crippen molar-refractivity contribution in [2.24, 2.45) is 0 Å². The summed E-state index contributed by atoms with van der Waals surface area (Å²) in [6, 6.07) is 7.54. The van der Waals surface area contributed by atoms with E-state index >= 15 is 0 Å². The molecule has 1 N–H and O–H groups in total. The molecule has 0 bridgehead atoms. The Morgan fingerprint density at radius 3 is 2.71 bits per heavy atom. The largest absolute Gasteiger partial charge is 0.465 e. The van der Waals surface area contributed by atoms with Gasteiger partial charge in [-0.25, -0.2) is 4.79 Å². The van der Waals surface area contributed by atoms with Gasteiger partial charge in [0.05, 0.1) is 0 Å². The lowest BCUT2D eigenvalue weighted by Crippen LogP contribution is -2.48. The summed E-state index contributed by atoms with van der Waals surface area (Å²) in [6.45, 7) is 3.80. The van der Waals surface area contributed by atoms with Crippen LogP contribution in [0.1, 0.15) is 18.4 Å². The molecule has 0 radical (unpaired) electrons. The van der Waals surface area contributed by atoms with Gasteiger partial charge in [-0.05, 0) is 31.2 Å². The second kappa shape index (κ2) is 7.92. The molecular weight excluding hydrogens is 288 g/mol. The Bertz CT molecular complexity index is 543. The van der Waals surface area contributed by atoms with Gasteiger partial charge < -0.3 is 10.0 Å². The molecule has 2 rings (SSSR count). The van der Waals surface area contributed by atoms with Crippen molar-refractivity contribution in [2.75, 3.05) is 32.7 Å². The summed E-state index contributed by atoms with van der Waals surface area (Å²) in [5.41, 5.74) is 0.942. The molecular formula is C16H19ClN2O2. The topological polar surface area (TPSA) is 43.8 Å². The van der Waals surface area contributed by atoms with E-state index in [4.69, 9.17) is 16.7 Å². The van der Waals surface area contributed by atoms with Crippen molar-refractivity contribution in [2.45, 2.75) is 12.8 Å². The predicted octanol–water partition coefficient (Wildman–Crippen LogP) is 2.77. The Balaban J connectivity index is 1.66. The number of hydrogen-bond donors (Lipinski definition) is 1. The molecule has 0 aromatic heterocycles. The van der Waals surface area contributed by atoms with Crippen molar-refractivity contribution in [3.63, 3.8) is 0 Å². The fraction of sp³-hybridized carbons (Fsp3) is 0.438. The number of unbranched alkanes of at least 4 members (excludes halogenated alkanes) is 1. The standard InChI is InChI=1S/C16H19ClN2O2/c17-15-7-4-6-14(13-15)5-2-1-3-8-18-9-11-19(12-10-18)16(20)21/h4,6-7,13H,1,3,8-12H2,(H,20,21). The van der Waals surface area contributed by atoms with Crippen LogP contribution in [-0.2, 0) is 0 Å². The zero-order valence-corrected chi connectivity index (χ0v) is 12.6. The van der Waals surface area contributed by atoms with Crippen molar-refractivity contribution in [3.8, 4) is 11.8 Å². The van der Waals surface area contributed by atoms with Gasteiger partial charge >= 0.3 is 6.09 Å².